The molecule has 2 aromatic rings. The van der Waals surface area contributed by atoms with E-state index in [2.05, 4.69) is 22.4 Å². The van der Waals surface area contributed by atoms with Crippen molar-refractivity contribution < 1.29 is 15.0 Å². The van der Waals surface area contributed by atoms with Crippen molar-refractivity contribution in [3.05, 3.63) is 73.8 Å². The van der Waals surface area contributed by atoms with E-state index in [0.717, 1.165) is 23.3 Å². The third-order valence-corrected chi connectivity index (χ3v) is 3.55. The highest BCUT2D eigenvalue weighted by Gasteiger charge is 2.19. The number of nitro benzene ring substituents is 2. The van der Waals surface area contributed by atoms with Crippen molar-refractivity contribution in [3.8, 4) is 11.8 Å². The van der Waals surface area contributed by atoms with Crippen LogP contribution in [0.25, 0.3) is 0 Å². The largest absolute Gasteiger partial charge is 0.378 e. The third kappa shape index (κ3) is 5.62. The van der Waals surface area contributed by atoms with Crippen LogP contribution in [-0.2, 0) is 0 Å². The van der Waals surface area contributed by atoms with Crippen LogP contribution in [0.2, 0.25) is 0 Å². The number of nitro groups is 2. The lowest BCUT2D eigenvalue weighted by Crippen LogP contribution is -2.14. The Labute approximate surface area is 161 Å². The molecule has 0 heterocycles. The molecular formula is C19H18N4O5. The fourth-order valence-corrected chi connectivity index (χ4v) is 2.11. The molecule has 0 saturated carbocycles. The molecular weight excluding hydrogens is 364 g/mol. The summed E-state index contributed by atoms with van der Waals surface area (Å²) in [5.41, 5.74) is 2.75. The Morgan fingerprint density at radius 3 is 2.29 bits per heavy atom. The molecule has 9 nitrogen and oxygen atoms in total. The highest BCUT2D eigenvalue weighted by atomic mass is 16.6. The van der Waals surface area contributed by atoms with Crippen LogP contribution in [0.5, 0.6) is 0 Å². The van der Waals surface area contributed by atoms with Gasteiger partial charge in [0, 0.05) is 11.6 Å². The van der Waals surface area contributed by atoms with E-state index in [1.807, 2.05) is 0 Å². The first-order valence-corrected chi connectivity index (χ1v) is 8.16. The lowest BCUT2D eigenvalue weighted by Gasteiger charge is -2.06. The summed E-state index contributed by atoms with van der Waals surface area (Å²) in [6.45, 7) is 4.89. The average Bonchev–Trinajstić information content (AvgIpc) is 2.64. The molecule has 0 aliphatic carbocycles. The fourth-order valence-electron chi connectivity index (χ4n) is 2.11. The minimum Gasteiger partial charge on any atom is -0.378 e. The topological polar surface area (TPSA) is 131 Å². The van der Waals surface area contributed by atoms with Gasteiger partial charge in [0.15, 0.2) is 0 Å². The van der Waals surface area contributed by atoms with Crippen LogP contribution in [0.4, 0.5) is 17.1 Å². The highest BCUT2D eigenvalue weighted by Crippen LogP contribution is 2.29. The van der Waals surface area contributed by atoms with Gasteiger partial charge in [0.2, 0.25) is 0 Å². The fraction of sp³-hybridized carbons (Fsp3) is 0.211. The summed E-state index contributed by atoms with van der Waals surface area (Å²) in [4.78, 5) is 20.5. The molecule has 28 heavy (non-hydrogen) atoms. The summed E-state index contributed by atoms with van der Waals surface area (Å²) in [7, 11) is 0. The van der Waals surface area contributed by atoms with Crippen molar-refractivity contribution in [1.82, 2.24) is 0 Å². The number of benzene rings is 2. The molecule has 2 rings (SSSR count). The summed E-state index contributed by atoms with van der Waals surface area (Å²) in [6, 6.07) is 10.4. The van der Waals surface area contributed by atoms with E-state index in [0.29, 0.717) is 5.71 Å². The molecule has 0 aromatic heterocycles. The molecule has 0 radical (unpaired) electrons. The molecule has 2 aromatic carbocycles. The number of non-ortho nitro benzene ring substituents is 1. The maximum absolute atomic E-state index is 11.1. The van der Waals surface area contributed by atoms with E-state index >= 15 is 0 Å². The molecule has 9 heteroatoms. The maximum atomic E-state index is 11.1. The molecule has 144 valence electrons. The Morgan fingerprint density at radius 1 is 1.11 bits per heavy atom. The van der Waals surface area contributed by atoms with Crippen LogP contribution in [-0.4, -0.2) is 26.3 Å². The van der Waals surface area contributed by atoms with Gasteiger partial charge in [-0.25, -0.2) is 0 Å². The first-order valence-electron chi connectivity index (χ1n) is 8.16. The van der Waals surface area contributed by atoms with Crippen LogP contribution in [0.3, 0.4) is 0 Å². The van der Waals surface area contributed by atoms with E-state index in [1.165, 1.54) is 6.07 Å². The first kappa shape index (κ1) is 20.5. The standard InChI is InChI=1S/C19H18N4O5/c1-13(15-6-4-14(5-7-15)10-11-19(2,3)24)20-21-17-9-8-16(22(25)26)12-18(17)23(27)28/h4-9,12,21,24H,1-3H3. The normalized spacial score (nSPS) is 11.4. The van der Waals surface area contributed by atoms with Crippen molar-refractivity contribution in [2.24, 2.45) is 5.10 Å². The van der Waals surface area contributed by atoms with Gasteiger partial charge in [-0.15, -0.1) is 0 Å². The van der Waals surface area contributed by atoms with Gasteiger partial charge in [0.05, 0.1) is 21.6 Å². The second kappa shape index (κ2) is 8.28. The SMILES string of the molecule is CC(=NNc1ccc([N+](=O)[O-])cc1[N+](=O)[O-])c1ccc(C#CC(C)(C)O)cc1. The van der Waals surface area contributed by atoms with Gasteiger partial charge in [-0.05, 0) is 44.5 Å². The van der Waals surface area contributed by atoms with E-state index in [9.17, 15) is 25.3 Å². The Hall–Kier alpha value is -3.77. The number of aliphatic hydroxyl groups is 1. The van der Waals surface area contributed by atoms with Crippen LogP contribution in [0.1, 0.15) is 31.9 Å². The van der Waals surface area contributed by atoms with E-state index in [-0.39, 0.29) is 11.4 Å². The third-order valence-electron chi connectivity index (χ3n) is 3.55. The summed E-state index contributed by atoms with van der Waals surface area (Å²) >= 11 is 0. The summed E-state index contributed by atoms with van der Waals surface area (Å²) < 4.78 is 0. The van der Waals surface area contributed by atoms with Crippen molar-refractivity contribution in [2.75, 3.05) is 5.43 Å². The van der Waals surface area contributed by atoms with Crippen molar-refractivity contribution in [2.45, 2.75) is 26.4 Å². The average molecular weight is 382 g/mol. The van der Waals surface area contributed by atoms with Gasteiger partial charge in [0.1, 0.15) is 11.3 Å². The predicted molar refractivity (Wildman–Crippen MR) is 105 cm³/mol. The number of hydrazone groups is 1. The number of nitrogens with one attached hydrogen (secondary N) is 1. The van der Waals surface area contributed by atoms with Gasteiger partial charge in [-0.2, -0.15) is 5.10 Å². The number of hydrogen-bond acceptors (Lipinski definition) is 7. The van der Waals surface area contributed by atoms with Gasteiger partial charge in [-0.3, -0.25) is 25.7 Å². The molecule has 0 atom stereocenters. The van der Waals surface area contributed by atoms with Gasteiger partial charge < -0.3 is 5.11 Å². The van der Waals surface area contributed by atoms with Crippen molar-refractivity contribution in [3.63, 3.8) is 0 Å². The monoisotopic (exact) mass is 382 g/mol. The number of anilines is 1. The van der Waals surface area contributed by atoms with Gasteiger partial charge in [0.25, 0.3) is 5.69 Å². The molecule has 0 fully saturated rings. The first-order chi connectivity index (χ1) is 13.1. The van der Waals surface area contributed by atoms with Crippen LogP contribution in [0.15, 0.2) is 47.6 Å². The molecule has 0 amide bonds. The zero-order valence-electron chi connectivity index (χ0n) is 15.5. The van der Waals surface area contributed by atoms with Gasteiger partial charge in [-0.1, -0.05) is 24.0 Å². The number of hydrogen-bond donors (Lipinski definition) is 2. The lowest BCUT2D eigenvalue weighted by molar-refractivity contribution is -0.393. The van der Waals surface area contributed by atoms with Crippen LogP contribution < -0.4 is 5.43 Å². The van der Waals surface area contributed by atoms with Crippen LogP contribution in [0, 0.1) is 32.1 Å². The molecule has 0 saturated heterocycles. The zero-order chi connectivity index (χ0) is 20.9. The van der Waals surface area contributed by atoms with E-state index < -0.39 is 21.1 Å². The molecule has 0 unspecified atom stereocenters. The lowest BCUT2D eigenvalue weighted by atomic mass is 10.1. The Morgan fingerprint density at radius 2 is 1.75 bits per heavy atom. The predicted octanol–water partition coefficient (Wildman–Crippen LogP) is 3.46. The molecule has 0 aliphatic rings. The Bertz CT molecular complexity index is 996. The Balaban J connectivity index is 2.21. The second-order valence-corrected chi connectivity index (χ2v) is 6.41. The number of nitrogens with zero attached hydrogens (tertiary/aromatic N) is 3. The quantitative estimate of drug-likeness (QED) is 0.352. The molecule has 0 spiro atoms. The maximum Gasteiger partial charge on any atom is 0.301 e. The molecule has 0 bridgehead atoms. The number of rotatable bonds is 5. The van der Waals surface area contributed by atoms with Crippen molar-refractivity contribution in [1.29, 1.82) is 0 Å². The van der Waals surface area contributed by atoms with Gasteiger partial charge >= 0.3 is 5.69 Å². The highest BCUT2D eigenvalue weighted by molar-refractivity contribution is 5.99. The zero-order valence-corrected chi connectivity index (χ0v) is 15.5. The van der Waals surface area contributed by atoms with E-state index in [1.54, 1.807) is 45.0 Å². The van der Waals surface area contributed by atoms with E-state index in [4.69, 9.17) is 0 Å². The molecule has 0 aliphatic heterocycles. The van der Waals surface area contributed by atoms with Crippen LogP contribution >= 0.6 is 0 Å². The smallest absolute Gasteiger partial charge is 0.301 e. The molecule has 2 N–H and O–H groups in total. The minimum absolute atomic E-state index is 0.0441. The second-order valence-electron chi connectivity index (χ2n) is 6.41. The summed E-state index contributed by atoms with van der Waals surface area (Å²) in [6.07, 6.45) is 0. The van der Waals surface area contributed by atoms with Crippen molar-refractivity contribution >= 4 is 22.8 Å². The minimum atomic E-state index is -1.08. The Kier molecular flexibility index (Phi) is 6.08. The summed E-state index contributed by atoms with van der Waals surface area (Å²) in [5, 5.41) is 35.7. The summed E-state index contributed by atoms with van der Waals surface area (Å²) in [5.74, 6) is 5.57.